The van der Waals surface area contributed by atoms with Crippen molar-refractivity contribution in [2.24, 2.45) is 5.92 Å². The normalized spacial score (nSPS) is 24.1. The lowest BCUT2D eigenvalue weighted by atomic mass is 9.85. The van der Waals surface area contributed by atoms with E-state index in [1.807, 2.05) is 30.3 Å². The highest BCUT2D eigenvalue weighted by molar-refractivity contribution is 9.10. The summed E-state index contributed by atoms with van der Waals surface area (Å²) in [6, 6.07) is 12.2. The number of hydrogen-bond donors (Lipinski definition) is 4. The Morgan fingerprint density at radius 2 is 1.79 bits per heavy atom. The van der Waals surface area contributed by atoms with Gasteiger partial charge >= 0.3 is 12.1 Å². The number of nitrogens with one attached hydrogen (secondary N) is 3. The Morgan fingerprint density at radius 3 is 2.54 bits per heavy atom. The predicted octanol–water partition coefficient (Wildman–Crippen LogP) is 2.20. The van der Waals surface area contributed by atoms with Crippen molar-refractivity contribution >= 4 is 33.9 Å². The third kappa shape index (κ3) is 3.29. The van der Waals surface area contributed by atoms with Gasteiger partial charge in [-0.05, 0) is 23.8 Å². The molecule has 3 atom stereocenters. The van der Waals surface area contributed by atoms with Crippen molar-refractivity contribution < 1.29 is 19.5 Å². The summed E-state index contributed by atoms with van der Waals surface area (Å²) < 4.78 is 0.693. The zero-order valence-corrected chi connectivity index (χ0v) is 16.1. The molecule has 0 bridgehead atoms. The van der Waals surface area contributed by atoms with Crippen LogP contribution in [0.5, 0.6) is 5.75 Å². The first kappa shape index (κ1) is 18.3. The highest BCUT2D eigenvalue weighted by Crippen LogP contribution is 2.37. The number of urea groups is 2. The van der Waals surface area contributed by atoms with Gasteiger partial charge in [-0.15, -0.1) is 0 Å². The predicted molar refractivity (Wildman–Crippen MR) is 103 cm³/mol. The second-order valence-electron chi connectivity index (χ2n) is 6.68. The number of nitrogens with zero attached hydrogens (tertiary/aromatic N) is 1. The fourth-order valence-corrected chi connectivity index (χ4v) is 4.01. The lowest BCUT2D eigenvalue weighted by molar-refractivity contribution is -0.130. The summed E-state index contributed by atoms with van der Waals surface area (Å²) in [6.45, 7) is 0.221. The standard InChI is InChI=1S/C19H17BrN4O4/c20-11-6-7-13(25)12(8-11)15-14-16(22-18(27)21-15)24(19(28)23-17(14)26)9-10-4-2-1-3-5-10/h1-8,14-16,25H,9H2,(H2,21,22,27)(H,23,26,28). The van der Waals surface area contributed by atoms with Crippen molar-refractivity contribution in [3.05, 3.63) is 64.1 Å². The SMILES string of the molecule is O=C1NC(c2cc(Br)ccc2O)C2C(=O)NC(=O)N(Cc3ccccc3)C2N1. The number of amides is 5. The number of phenolic OH excluding ortho intramolecular Hbond substituents is 1. The molecule has 2 aliphatic rings. The number of hydrogen-bond acceptors (Lipinski definition) is 4. The van der Waals surface area contributed by atoms with E-state index in [1.54, 1.807) is 12.1 Å². The van der Waals surface area contributed by atoms with Gasteiger partial charge in [0.1, 0.15) is 17.8 Å². The van der Waals surface area contributed by atoms with Crippen LogP contribution in [0.4, 0.5) is 9.59 Å². The van der Waals surface area contributed by atoms with Gasteiger partial charge in [0, 0.05) is 16.6 Å². The van der Waals surface area contributed by atoms with Gasteiger partial charge in [0.15, 0.2) is 0 Å². The van der Waals surface area contributed by atoms with E-state index < -0.39 is 36.1 Å². The molecular weight excluding hydrogens is 428 g/mol. The molecule has 0 aliphatic carbocycles. The zero-order chi connectivity index (χ0) is 19.8. The molecular formula is C19H17BrN4O4. The fourth-order valence-electron chi connectivity index (χ4n) is 3.63. The van der Waals surface area contributed by atoms with E-state index in [4.69, 9.17) is 0 Å². The fraction of sp³-hybridized carbons (Fsp3) is 0.211. The van der Waals surface area contributed by atoms with Crippen LogP contribution >= 0.6 is 15.9 Å². The van der Waals surface area contributed by atoms with Gasteiger partial charge in [0.25, 0.3) is 0 Å². The summed E-state index contributed by atoms with van der Waals surface area (Å²) in [6.07, 6.45) is -0.849. The molecule has 2 aromatic rings. The minimum atomic E-state index is -0.849. The molecule has 0 radical (unpaired) electrons. The van der Waals surface area contributed by atoms with E-state index in [0.717, 1.165) is 5.56 Å². The molecule has 2 aliphatic heterocycles. The Bertz CT molecular complexity index is 952. The molecule has 4 N–H and O–H groups in total. The Balaban J connectivity index is 1.72. The van der Waals surface area contributed by atoms with Crippen LogP contribution < -0.4 is 16.0 Å². The number of carbonyl (C=O) groups is 3. The van der Waals surface area contributed by atoms with Gasteiger partial charge in [-0.1, -0.05) is 46.3 Å². The minimum Gasteiger partial charge on any atom is -0.508 e. The number of fused-ring (bicyclic) bond motifs is 1. The molecule has 2 fully saturated rings. The molecule has 9 heteroatoms. The number of halogens is 1. The van der Waals surface area contributed by atoms with Crippen LogP contribution in [0.25, 0.3) is 0 Å². The summed E-state index contributed by atoms with van der Waals surface area (Å²) in [5, 5.41) is 18.0. The number of aromatic hydroxyl groups is 1. The van der Waals surface area contributed by atoms with Crippen LogP contribution in [0.3, 0.4) is 0 Å². The topological polar surface area (TPSA) is 111 Å². The maximum absolute atomic E-state index is 12.7. The quantitative estimate of drug-likeness (QED) is 0.581. The van der Waals surface area contributed by atoms with Gasteiger partial charge in [-0.3, -0.25) is 15.0 Å². The average Bonchev–Trinajstić information content (AvgIpc) is 2.67. The van der Waals surface area contributed by atoms with Crippen LogP contribution in [0.1, 0.15) is 17.2 Å². The summed E-state index contributed by atoms with van der Waals surface area (Å²) in [7, 11) is 0. The van der Waals surface area contributed by atoms with E-state index in [1.165, 1.54) is 11.0 Å². The first-order valence-electron chi connectivity index (χ1n) is 8.65. The number of rotatable bonds is 3. The smallest absolute Gasteiger partial charge is 0.326 e. The molecule has 28 heavy (non-hydrogen) atoms. The largest absolute Gasteiger partial charge is 0.508 e. The van der Waals surface area contributed by atoms with Crippen molar-refractivity contribution in [1.29, 1.82) is 0 Å². The molecule has 0 saturated carbocycles. The second kappa shape index (κ2) is 7.16. The maximum Gasteiger partial charge on any atom is 0.326 e. The number of phenols is 1. The lowest BCUT2D eigenvalue weighted by Crippen LogP contribution is -2.71. The summed E-state index contributed by atoms with van der Waals surface area (Å²) in [5.41, 5.74) is 1.25. The summed E-state index contributed by atoms with van der Waals surface area (Å²) in [5.74, 6) is -1.39. The van der Waals surface area contributed by atoms with E-state index in [-0.39, 0.29) is 12.3 Å². The van der Waals surface area contributed by atoms with Gasteiger partial charge < -0.3 is 15.7 Å². The van der Waals surface area contributed by atoms with E-state index in [2.05, 4.69) is 31.9 Å². The molecule has 8 nitrogen and oxygen atoms in total. The van der Waals surface area contributed by atoms with Crippen LogP contribution in [-0.4, -0.2) is 34.1 Å². The number of imide groups is 1. The van der Waals surface area contributed by atoms with E-state index in [0.29, 0.717) is 10.0 Å². The van der Waals surface area contributed by atoms with Gasteiger partial charge in [-0.25, -0.2) is 9.59 Å². The molecule has 2 heterocycles. The van der Waals surface area contributed by atoms with Crippen molar-refractivity contribution in [1.82, 2.24) is 20.9 Å². The molecule has 2 aromatic carbocycles. The van der Waals surface area contributed by atoms with Gasteiger partial charge in [-0.2, -0.15) is 0 Å². The molecule has 2 saturated heterocycles. The van der Waals surface area contributed by atoms with Crippen LogP contribution in [0, 0.1) is 5.92 Å². The molecule has 0 aromatic heterocycles. The van der Waals surface area contributed by atoms with Crippen LogP contribution in [0.15, 0.2) is 53.0 Å². The highest BCUT2D eigenvalue weighted by Gasteiger charge is 2.50. The molecule has 144 valence electrons. The Kier molecular flexibility index (Phi) is 4.68. The zero-order valence-electron chi connectivity index (χ0n) is 14.6. The lowest BCUT2D eigenvalue weighted by Gasteiger charge is -2.46. The van der Waals surface area contributed by atoms with Crippen molar-refractivity contribution in [3.8, 4) is 5.75 Å². The third-order valence-corrected chi connectivity index (χ3v) is 5.41. The van der Waals surface area contributed by atoms with E-state index >= 15 is 0 Å². The molecule has 4 rings (SSSR count). The molecule has 0 spiro atoms. The monoisotopic (exact) mass is 444 g/mol. The summed E-state index contributed by atoms with van der Waals surface area (Å²) in [4.78, 5) is 38.9. The average molecular weight is 445 g/mol. The molecule has 5 amide bonds. The van der Waals surface area contributed by atoms with Crippen molar-refractivity contribution in [3.63, 3.8) is 0 Å². The number of benzene rings is 2. The van der Waals surface area contributed by atoms with E-state index in [9.17, 15) is 19.5 Å². The molecule has 3 unspecified atom stereocenters. The minimum absolute atomic E-state index is 0.0477. The Morgan fingerprint density at radius 1 is 1.04 bits per heavy atom. The first-order valence-corrected chi connectivity index (χ1v) is 9.44. The van der Waals surface area contributed by atoms with Crippen molar-refractivity contribution in [2.75, 3.05) is 0 Å². The summed E-state index contributed by atoms with van der Waals surface area (Å²) >= 11 is 3.34. The van der Waals surface area contributed by atoms with Crippen LogP contribution in [-0.2, 0) is 11.3 Å². The Hall–Kier alpha value is -3.07. The van der Waals surface area contributed by atoms with Gasteiger partial charge in [0.05, 0.1) is 6.04 Å². The number of carbonyl (C=O) groups excluding carboxylic acids is 3. The van der Waals surface area contributed by atoms with Crippen LogP contribution in [0.2, 0.25) is 0 Å². The second-order valence-corrected chi connectivity index (χ2v) is 7.59. The maximum atomic E-state index is 12.7. The third-order valence-electron chi connectivity index (χ3n) is 4.91. The highest BCUT2D eigenvalue weighted by atomic mass is 79.9. The van der Waals surface area contributed by atoms with Crippen molar-refractivity contribution in [2.45, 2.75) is 18.8 Å². The van der Waals surface area contributed by atoms with Gasteiger partial charge in [0.2, 0.25) is 5.91 Å². The first-order chi connectivity index (χ1) is 13.4. The Labute approximate surface area is 169 Å².